The topological polar surface area (TPSA) is 15.5 Å². The number of hydrogen-bond donors (Lipinski definition) is 0. The van der Waals surface area contributed by atoms with Gasteiger partial charge in [-0.15, -0.1) is 6.58 Å². The van der Waals surface area contributed by atoms with Gasteiger partial charge in [0.1, 0.15) is 5.75 Å². The van der Waals surface area contributed by atoms with Crippen LogP contribution in [0.4, 0.5) is 11.4 Å². The van der Waals surface area contributed by atoms with Crippen molar-refractivity contribution in [2.45, 2.75) is 38.5 Å². The van der Waals surface area contributed by atoms with Gasteiger partial charge in [0.2, 0.25) is 5.69 Å². The van der Waals surface area contributed by atoms with Crippen LogP contribution in [0.2, 0.25) is 0 Å². The molecule has 0 spiro atoms. The number of methoxy groups -OCH3 is 1. The Morgan fingerprint density at radius 1 is 0.946 bits per heavy atom. The second-order valence-corrected chi connectivity index (χ2v) is 10.9. The summed E-state index contributed by atoms with van der Waals surface area (Å²) < 4.78 is 7.95. The molecule has 0 aromatic heterocycles. The highest BCUT2D eigenvalue weighted by molar-refractivity contribution is 6.07. The van der Waals surface area contributed by atoms with Gasteiger partial charge >= 0.3 is 0 Å². The molecule has 188 valence electrons. The lowest BCUT2D eigenvalue weighted by atomic mass is 9.79. The Labute approximate surface area is 221 Å². The third-order valence-corrected chi connectivity index (χ3v) is 7.98. The summed E-state index contributed by atoms with van der Waals surface area (Å²) in [5.41, 5.74) is 7.37. The van der Waals surface area contributed by atoms with Crippen LogP contribution >= 0.6 is 0 Å². The van der Waals surface area contributed by atoms with E-state index in [0.29, 0.717) is 0 Å². The van der Waals surface area contributed by atoms with Gasteiger partial charge in [-0.25, -0.2) is 0 Å². The van der Waals surface area contributed by atoms with E-state index in [4.69, 9.17) is 4.74 Å². The van der Waals surface area contributed by atoms with Gasteiger partial charge in [0, 0.05) is 41.1 Å². The zero-order chi connectivity index (χ0) is 26.4. The first kappa shape index (κ1) is 24.8. The second-order valence-electron chi connectivity index (χ2n) is 10.9. The van der Waals surface area contributed by atoms with Crippen molar-refractivity contribution in [3.8, 4) is 5.75 Å². The van der Waals surface area contributed by atoms with E-state index in [1.54, 1.807) is 7.11 Å². The molecule has 0 fully saturated rings. The van der Waals surface area contributed by atoms with Gasteiger partial charge in [-0.2, -0.15) is 4.58 Å². The molecule has 5 rings (SSSR count). The van der Waals surface area contributed by atoms with Gasteiger partial charge in [-0.1, -0.05) is 56.8 Å². The minimum Gasteiger partial charge on any atom is -0.497 e. The van der Waals surface area contributed by atoms with Gasteiger partial charge in [-0.3, -0.25) is 0 Å². The second kappa shape index (κ2) is 9.23. The molecule has 0 aliphatic carbocycles. The highest BCUT2D eigenvalue weighted by atomic mass is 16.5. The van der Waals surface area contributed by atoms with Crippen molar-refractivity contribution in [2.24, 2.45) is 0 Å². The number of ether oxygens (including phenoxy) is 1. The maximum atomic E-state index is 5.54. The summed E-state index contributed by atoms with van der Waals surface area (Å²) in [4.78, 5) is 2.36. The lowest BCUT2D eigenvalue weighted by Gasteiger charge is -2.26. The molecule has 0 saturated carbocycles. The van der Waals surface area contributed by atoms with E-state index in [0.717, 1.165) is 18.8 Å². The molecule has 0 atom stereocenters. The van der Waals surface area contributed by atoms with E-state index in [-0.39, 0.29) is 10.8 Å². The van der Waals surface area contributed by atoms with Crippen molar-refractivity contribution in [3.63, 3.8) is 0 Å². The molecule has 0 amide bonds. The number of anilines is 1. The number of rotatable bonds is 7. The zero-order valence-corrected chi connectivity index (χ0v) is 22.7. The molecular weight excluding hydrogens is 452 g/mol. The van der Waals surface area contributed by atoms with Crippen molar-refractivity contribution >= 4 is 27.9 Å². The Morgan fingerprint density at radius 3 is 2.46 bits per heavy atom. The number of hydrogen-bond acceptors (Lipinski definition) is 2. The quantitative estimate of drug-likeness (QED) is 0.248. The van der Waals surface area contributed by atoms with Gasteiger partial charge in [-0.05, 0) is 66.6 Å². The van der Waals surface area contributed by atoms with Gasteiger partial charge < -0.3 is 9.64 Å². The first-order valence-electron chi connectivity index (χ1n) is 13.0. The lowest BCUT2D eigenvalue weighted by molar-refractivity contribution is -0.425. The standard InChI is InChI=1S/C34H37N2O/c1-8-21-35-28-20-18-25(37-7)23-27(28)33(3,4)30(35)15-12-16-31-34(5,6)32-26-14-11-10-13-24(26)17-19-29(32)36(31)22-9-2/h8-20,23H,1-2,21-22H2,3-7H3/q+1. The third-order valence-electron chi connectivity index (χ3n) is 7.98. The van der Waals surface area contributed by atoms with Crippen molar-refractivity contribution < 1.29 is 9.31 Å². The first-order chi connectivity index (χ1) is 17.7. The van der Waals surface area contributed by atoms with Crippen molar-refractivity contribution in [1.82, 2.24) is 0 Å². The summed E-state index contributed by atoms with van der Waals surface area (Å²) in [6.07, 6.45) is 10.7. The van der Waals surface area contributed by atoms with E-state index < -0.39 is 0 Å². The molecule has 3 aromatic carbocycles. The predicted molar refractivity (Wildman–Crippen MR) is 158 cm³/mol. The monoisotopic (exact) mass is 489 g/mol. The summed E-state index contributed by atoms with van der Waals surface area (Å²) in [5.74, 6) is 0.885. The van der Waals surface area contributed by atoms with Crippen LogP contribution in [0.25, 0.3) is 10.8 Å². The molecule has 37 heavy (non-hydrogen) atoms. The number of nitrogens with zero attached hydrogens (tertiary/aromatic N) is 2. The fraction of sp³-hybridized carbons (Fsp3) is 0.265. The molecule has 0 bridgehead atoms. The smallest absolute Gasteiger partial charge is 0.210 e. The molecule has 2 aliphatic rings. The van der Waals surface area contributed by atoms with Crippen LogP contribution in [-0.4, -0.2) is 30.5 Å². The molecule has 3 heteroatoms. The summed E-state index contributed by atoms with van der Waals surface area (Å²) >= 11 is 0. The van der Waals surface area contributed by atoms with Crippen LogP contribution in [0, 0.1) is 0 Å². The molecule has 2 aliphatic heterocycles. The Hall–Kier alpha value is -3.85. The number of benzene rings is 3. The van der Waals surface area contributed by atoms with E-state index in [9.17, 15) is 0 Å². The van der Waals surface area contributed by atoms with E-state index in [1.807, 2.05) is 18.2 Å². The molecule has 0 unspecified atom stereocenters. The fourth-order valence-electron chi connectivity index (χ4n) is 6.20. The van der Waals surface area contributed by atoms with E-state index in [1.165, 1.54) is 44.7 Å². The Bertz CT molecular complexity index is 1500. The van der Waals surface area contributed by atoms with E-state index in [2.05, 4.69) is 117 Å². The van der Waals surface area contributed by atoms with E-state index >= 15 is 0 Å². The normalized spacial score (nSPS) is 18.5. The Morgan fingerprint density at radius 2 is 1.73 bits per heavy atom. The molecular formula is C34H37N2O+. The SMILES string of the molecule is C=CCN1C(=CC=CC2=[N+](CC=C)c3ccc4ccccc4c3C2(C)C)C(C)(C)c2cc(OC)ccc21. The van der Waals surface area contributed by atoms with Crippen LogP contribution in [0.3, 0.4) is 0 Å². The van der Waals surface area contributed by atoms with Crippen LogP contribution in [0.1, 0.15) is 38.8 Å². The highest BCUT2D eigenvalue weighted by Gasteiger charge is 2.45. The zero-order valence-electron chi connectivity index (χ0n) is 22.7. The number of fused-ring (bicyclic) bond motifs is 4. The van der Waals surface area contributed by atoms with Crippen LogP contribution in [0.15, 0.2) is 104 Å². The van der Waals surface area contributed by atoms with Crippen LogP contribution < -0.4 is 9.64 Å². The Balaban J connectivity index is 1.60. The fourth-order valence-corrected chi connectivity index (χ4v) is 6.20. The van der Waals surface area contributed by atoms with Crippen LogP contribution in [-0.2, 0) is 10.8 Å². The van der Waals surface area contributed by atoms with Gasteiger partial charge in [0.15, 0.2) is 12.3 Å². The van der Waals surface area contributed by atoms with Crippen molar-refractivity contribution in [3.05, 3.63) is 115 Å². The van der Waals surface area contributed by atoms with Crippen LogP contribution in [0.5, 0.6) is 5.75 Å². The van der Waals surface area contributed by atoms with Crippen molar-refractivity contribution in [2.75, 3.05) is 25.1 Å². The summed E-state index contributed by atoms with van der Waals surface area (Å²) in [7, 11) is 1.72. The Kier molecular flexibility index (Phi) is 6.19. The first-order valence-corrected chi connectivity index (χ1v) is 13.0. The molecule has 2 heterocycles. The predicted octanol–water partition coefficient (Wildman–Crippen LogP) is 7.83. The van der Waals surface area contributed by atoms with Crippen molar-refractivity contribution in [1.29, 1.82) is 0 Å². The molecule has 0 saturated heterocycles. The summed E-state index contributed by atoms with van der Waals surface area (Å²) in [5, 5.41) is 2.60. The third kappa shape index (κ3) is 3.85. The maximum Gasteiger partial charge on any atom is 0.210 e. The summed E-state index contributed by atoms with van der Waals surface area (Å²) in [6, 6.07) is 19.5. The minimum absolute atomic E-state index is 0.142. The minimum atomic E-state index is -0.160. The molecule has 0 radical (unpaired) electrons. The van der Waals surface area contributed by atoms with Gasteiger partial charge in [0.05, 0.1) is 12.5 Å². The molecule has 3 aromatic rings. The average Bonchev–Trinajstić information content (AvgIpc) is 3.23. The van der Waals surface area contributed by atoms with Gasteiger partial charge in [0.25, 0.3) is 0 Å². The average molecular weight is 490 g/mol. The highest BCUT2D eigenvalue weighted by Crippen LogP contribution is 2.49. The number of allylic oxidation sites excluding steroid dienone is 4. The maximum absolute atomic E-state index is 5.54. The summed E-state index contributed by atoms with van der Waals surface area (Å²) in [6.45, 7) is 18.8. The lowest BCUT2D eigenvalue weighted by Crippen LogP contribution is -2.28. The molecule has 0 N–H and O–H groups in total. The molecule has 3 nitrogen and oxygen atoms in total. The largest absolute Gasteiger partial charge is 0.497 e.